The molecule has 0 aliphatic rings. The van der Waals surface area contributed by atoms with Crippen LogP contribution in [0, 0.1) is 17.6 Å². The van der Waals surface area contributed by atoms with Gasteiger partial charge in [0.1, 0.15) is 21.7 Å². The average molecular weight is 211 g/mol. The van der Waals surface area contributed by atoms with E-state index in [1.807, 2.05) is 12.3 Å². The first-order valence-corrected chi connectivity index (χ1v) is 5.47. The van der Waals surface area contributed by atoms with Crippen LogP contribution in [0.2, 0.25) is 0 Å². The van der Waals surface area contributed by atoms with Gasteiger partial charge in [0.05, 0.1) is 0 Å². The molecule has 0 amide bonds. The van der Waals surface area contributed by atoms with Crippen LogP contribution in [0.5, 0.6) is 0 Å². The van der Waals surface area contributed by atoms with Crippen LogP contribution in [-0.2, 0) is 0 Å². The molecule has 1 aromatic rings. The van der Waals surface area contributed by atoms with Crippen LogP contribution in [0.3, 0.4) is 0 Å². The molecule has 4 nitrogen and oxygen atoms in total. The molecular weight excluding hydrogens is 204 g/mol. The molecule has 1 rings (SSSR count). The zero-order valence-electron chi connectivity index (χ0n) is 6.94. The lowest BCUT2D eigenvalue weighted by Gasteiger charge is -2.03. The van der Waals surface area contributed by atoms with E-state index in [0.717, 1.165) is 11.8 Å². The third-order valence-electron chi connectivity index (χ3n) is 1.30. The smallest absolute Gasteiger partial charge is 0.222 e. The lowest BCUT2D eigenvalue weighted by molar-refractivity contribution is 0.964. The minimum Gasteiger partial charge on any atom is -0.368 e. The number of nitrogen functional groups attached to an aromatic ring is 1. The quantitative estimate of drug-likeness (QED) is 0.590. The van der Waals surface area contributed by atoms with E-state index >= 15 is 0 Å². The van der Waals surface area contributed by atoms with Crippen molar-refractivity contribution in [2.75, 3.05) is 12.0 Å². The summed E-state index contributed by atoms with van der Waals surface area (Å²) in [6, 6.07) is 2.03. The third-order valence-corrected chi connectivity index (χ3v) is 2.55. The molecule has 2 N–H and O–H groups in total. The predicted molar refractivity (Wildman–Crippen MR) is 54.2 cm³/mol. The van der Waals surface area contributed by atoms with Crippen LogP contribution < -0.4 is 5.73 Å². The van der Waals surface area contributed by atoms with Crippen molar-refractivity contribution in [2.45, 2.75) is 10.1 Å². The Morgan fingerprint density at radius 1 is 1.46 bits per heavy atom. The Kier molecular flexibility index (Phi) is 3.39. The molecule has 1 radical (unpaired) electrons. The van der Waals surface area contributed by atoms with Gasteiger partial charge in [-0.1, -0.05) is 0 Å². The van der Waals surface area contributed by atoms with Gasteiger partial charge >= 0.3 is 0 Å². The zero-order valence-corrected chi connectivity index (χ0v) is 8.58. The number of hydrogen-bond donors (Lipinski definition) is 1. The van der Waals surface area contributed by atoms with Gasteiger partial charge in [0, 0.05) is 6.26 Å². The largest absolute Gasteiger partial charge is 0.368 e. The number of thioether (sulfide) groups is 2. The number of nitriles is 1. The summed E-state index contributed by atoms with van der Waals surface area (Å²) in [7, 11) is 0. The highest BCUT2D eigenvalue weighted by Gasteiger charge is 2.11. The fourth-order valence-corrected chi connectivity index (χ4v) is 1.82. The van der Waals surface area contributed by atoms with Crippen LogP contribution in [0.4, 0.5) is 5.95 Å². The first kappa shape index (κ1) is 10.2. The molecule has 0 spiro atoms. The normalized spacial score (nSPS) is 9.62. The van der Waals surface area contributed by atoms with Crippen LogP contribution in [0.25, 0.3) is 0 Å². The van der Waals surface area contributed by atoms with Gasteiger partial charge in [-0.15, -0.1) is 23.5 Å². The van der Waals surface area contributed by atoms with Crippen molar-refractivity contribution in [2.24, 2.45) is 0 Å². The SMILES string of the molecule is [CH2]Sc1nc(N)nc(SC)c1C#N. The summed E-state index contributed by atoms with van der Waals surface area (Å²) in [5.41, 5.74) is 5.89. The van der Waals surface area contributed by atoms with Gasteiger partial charge in [-0.05, 0) is 6.26 Å². The van der Waals surface area contributed by atoms with Crippen molar-refractivity contribution in [3.63, 3.8) is 0 Å². The summed E-state index contributed by atoms with van der Waals surface area (Å²) in [6.45, 7) is 0. The van der Waals surface area contributed by atoms with Crippen molar-refractivity contribution in [3.05, 3.63) is 11.8 Å². The Hall–Kier alpha value is -0.930. The minimum atomic E-state index is 0.175. The van der Waals surface area contributed by atoms with Crippen LogP contribution >= 0.6 is 23.5 Å². The molecule has 0 atom stereocenters. The van der Waals surface area contributed by atoms with Crippen molar-refractivity contribution in [3.8, 4) is 6.07 Å². The fourth-order valence-electron chi connectivity index (χ4n) is 0.784. The van der Waals surface area contributed by atoms with E-state index in [0.29, 0.717) is 15.6 Å². The Morgan fingerprint density at radius 3 is 2.54 bits per heavy atom. The lowest BCUT2D eigenvalue weighted by Crippen LogP contribution is -2.00. The summed E-state index contributed by atoms with van der Waals surface area (Å²) < 4.78 is 0. The van der Waals surface area contributed by atoms with Crippen LogP contribution in [-0.4, -0.2) is 16.2 Å². The summed E-state index contributed by atoms with van der Waals surface area (Å²) in [5, 5.41) is 9.95. The molecule has 1 aromatic heterocycles. The molecule has 13 heavy (non-hydrogen) atoms. The standard InChI is InChI=1S/C7H7N4S2/c1-12-5-4(3-8)6(13-2)11-7(9)10-5/h1H2,2H3,(H2,9,10,11). The topological polar surface area (TPSA) is 75.6 Å². The molecular formula is C7H7N4S2. The maximum absolute atomic E-state index is 8.83. The molecule has 0 saturated carbocycles. The lowest BCUT2D eigenvalue weighted by atomic mass is 10.4. The van der Waals surface area contributed by atoms with Crippen molar-refractivity contribution in [1.82, 2.24) is 9.97 Å². The van der Waals surface area contributed by atoms with E-state index in [4.69, 9.17) is 11.0 Å². The molecule has 0 unspecified atom stereocenters. The highest BCUT2D eigenvalue weighted by Crippen LogP contribution is 2.26. The first-order valence-electron chi connectivity index (χ1n) is 3.26. The molecule has 1 heterocycles. The van der Waals surface area contributed by atoms with E-state index in [-0.39, 0.29) is 5.95 Å². The monoisotopic (exact) mass is 211 g/mol. The van der Waals surface area contributed by atoms with Gasteiger partial charge in [-0.2, -0.15) is 5.26 Å². The van der Waals surface area contributed by atoms with E-state index in [1.165, 1.54) is 11.8 Å². The first-order chi connectivity index (χ1) is 6.22. The van der Waals surface area contributed by atoms with E-state index in [9.17, 15) is 0 Å². The maximum atomic E-state index is 8.83. The van der Waals surface area contributed by atoms with E-state index in [1.54, 1.807) is 0 Å². The minimum absolute atomic E-state index is 0.175. The molecule has 0 aliphatic heterocycles. The number of hydrogen-bond acceptors (Lipinski definition) is 6. The number of rotatable bonds is 2. The Bertz CT molecular complexity index is 333. The number of nitrogens with two attached hydrogens (primary N) is 1. The molecule has 0 aromatic carbocycles. The summed E-state index contributed by atoms with van der Waals surface area (Å²) in [5.74, 6) is 0.175. The third kappa shape index (κ3) is 2.05. The van der Waals surface area contributed by atoms with Gasteiger partial charge in [-0.25, -0.2) is 9.97 Å². The predicted octanol–water partition coefficient (Wildman–Crippen LogP) is 1.54. The van der Waals surface area contributed by atoms with Crippen molar-refractivity contribution in [1.29, 1.82) is 5.26 Å². The molecule has 0 aliphatic carbocycles. The Morgan fingerprint density at radius 2 is 2.08 bits per heavy atom. The second kappa shape index (κ2) is 4.35. The maximum Gasteiger partial charge on any atom is 0.222 e. The highest BCUT2D eigenvalue weighted by molar-refractivity contribution is 8.00. The average Bonchev–Trinajstić information content (AvgIpc) is 2.16. The van der Waals surface area contributed by atoms with Crippen molar-refractivity contribution < 1.29 is 0 Å². The van der Waals surface area contributed by atoms with Gasteiger partial charge in [0.2, 0.25) is 5.95 Å². The van der Waals surface area contributed by atoms with E-state index in [2.05, 4.69) is 16.2 Å². The zero-order chi connectivity index (χ0) is 9.84. The second-order valence-corrected chi connectivity index (χ2v) is 3.50. The highest BCUT2D eigenvalue weighted by atomic mass is 32.2. The molecule has 0 fully saturated rings. The summed E-state index contributed by atoms with van der Waals surface area (Å²) >= 11 is 2.52. The second-order valence-electron chi connectivity index (χ2n) is 2.03. The van der Waals surface area contributed by atoms with Gasteiger partial charge in [0.25, 0.3) is 0 Å². The molecule has 0 bridgehead atoms. The molecule has 6 heteroatoms. The number of nitrogens with zero attached hydrogens (tertiary/aromatic N) is 3. The van der Waals surface area contributed by atoms with Gasteiger partial charge in [0.15, 0.2) is 0 Å². The summed E-state index contributed by atoms with van der Waals surface area (Å²) in [6.07, 6.45) is 5.43. The Labute approximate surface area is 84.9 Å². The molecule has 0 saturated heterocycles. The Balaban J connectivity index is 3.36. The molecule has 67 valence electrons. The number of aromatic nitrogens is 2. The van der Waals surface area contributed by atoms with Crippen LogP contribution in [0.15, 0.2) is 10.1 Å². The van der Waals surface area contributed by atoms with Gasteiger partial charge in [-0.3, -0.25) is 0 Å². The van der Waals surface area contributed by atoms with E-state index < -0.39 is 0 Å². The number of anilines is 1. The van der Waals surface area contributed by atoms with Crippen molar-refractivity contribution >= 4 is 29.5 Å². The van der Waals surface area contributed by atoms with Gasteiger partial charge < -0.3 is 5.73 Å². The summed E-state index contributed by atoms with van der Waals surface area (Å²) in [4.78, 5) is 7.84. The fraction of sp³-hybridized carbons (Fsp3) is 0.143. The van der Waals surface area contributed by atoms with Crippen LogP contribution in [0.1, 0.15) is 5.56 Å².